The number of hydrogen-bond donors (Lipinski definition) is 1. The van der Waals surface area contributed by atoms with E-state index in [0.29, 0.717) is 0 Å². The molecule has 0 fully saturated rings. The van der Waals surface area contributed by atoms with Crippen LogP contribution in [0.25, 0.3) is 0 Å². The van der Waals surface area contributed by atoms with E-state index in [1.54, 1.807) is 11.3 Å². The third-order valence-electron chi connectivity index (χ3n) is 2.11. The van der Waals surface area contributed by atoms with Crippen LogP contribution in [0.5, 0.6) is 5.75 Å². The topological polar surface area (TPSA) is 35.2 Å². The van der Waals surface area contributed by atoms with Crippen molar-refractivity contribution in [3.8, 4) is 5.75 Å². The molecule has 2 aromatic rings. The molecule has 1 atom stereocenters. The standard InChI is InChI=1S/C12H13NOS/c1-9(12-6-3-7-15-12)14-11-5-2-4-10(13)8-11/h2-9H,13H2,1H3. The Hall–Kier alpha value is -1.48. The number of rotatable bonds is 3. The predicted molar refractivity (Wildman–Crippen MR) is 64.2 cm³/mol. The molecule has 0 aliphatic rings. The summed E-state index contributed by atoms with van der Waals surface area (Å²) in [5.74, 6) is 0.816. The Bertz CT molecular complexity index is 425. The van der Waals surface area contributed by atoms with E-state index in [9.17, 15) is 0 Å². The van der Waals surface area contributed by atoms with Crippen LogP contribution in [-0.2, 0) is 0 Å². The third-order valence-corrected chi connectivity index (χ3v) is 3.15. The zero-order chi connectivity index (χ0) is 10.7. The summed E-state index contributed by atoms with van der Waals surface area (Å²) in [5.41, 5.74) is 6.40. The number of anilines is 1. The second-order valence-corrected chi connectivity index (χ2v) is 4.33. The van der Waals surface area contributed by atoms with Crippen molar-refractivity contribution in [2.45, 2.75) is 13.0 Å². The van der Waals surface area contributed by atoms with Crippen molar-refractivity contribution in [1.29, 1.82) is 0 Å². The smallest absolute Gasteiger partial charge is 0.130 e. The van der Waals surface area contributed by atoms with Gasteiger partial charge in [0.25, 0.3) is 0 Å². The molecule has 0 radical (unpaired) electrons. The van der Waals surface area contributed by atoms with Crippen LogP contribution in [-0.4, -0.2) is 0 Å². The fraction of sp³-hybridized carbons (Fsp3) is 0.167. The Morgan fingerprint density at radius 1 is 1.27 bits per heavy atom. The lowest BCUT2D eigenvalue weighted by Crippen LogP contribution is -2.01. The van der Waals surface area contributed by atoms with Crippen molar-refractivity contribution in [3.05, 3.63) is 46.7 Å². The van der Waals surface area contributed by atoms with Crippen molar-refractivity contribution in [2.24, 2.45) is 0 Å². The first-order valence-corrected chi connectivity index (χ1v) is 5.69. The summed E-state index contributed by atoms with van der Waals surface area (Å²) in [7, 11) is 0. The molecule has 78 valence electrons. The van der Waals surface area contributed by atoms with E-state index in [0.717, 1.165) is 11.4 Å². The molecule has 0 spiro atoms. The maximum Gasteiger partial charge on any atom is 0.130 e. The average Bonchev–Trinajstić information content (AvgIpc) is 2.70. The van der Waals surface area contributed by atoms with Crippen LogP contribution < -0.4 is 10.5 Å². The van der Waals surface area contributed by atoms with Crippen LogP contribution in [0.2, 0.25) is 0 Å². The second-order valence-electron chi connectivity index (χ2n) is 3.35. The van der Waals surface area contributed by atoms with Gasteiger partial charge in [0, 0.05) is 16.6 Å². The Kier molecular flexibility index (Phi) is 2.92. The van der Waals surface area contributed by atoms with Crippen LogP contribution in [0.1, 0.15) is 17.9 Å². The van der Waals surface area contributed by atoms with Gasteiger partial charge in [-0.2, -0.15) is 0 Å². The van der Waals surface area contributed by atoms with E-state index >= 15 is 0 Å². The van der Waals surface area contributed by atoms with Gasteiger partial charge in [-0.3, -0.25) is 0 Å². The SMILES string of the molecule is CC(Oc1cccc(N)c1)c1cccs1. The highest BCUT2D eigenvalue weighted by Gasteiger charge is 2.07. The van der Waals surface area contributed by atoms with Gasteiger partial charge >= 0.3 is 0 Å². The first-order chi connectivity index (χ1) is 7.25. The molecule has 0 aliphatic carbocycles. The summed E-state index contributed by atoms with van der Waals surface area (Å²) in [4.78, 5) is 1.22. The van der Waals surface area contributed by atoms with Gasteiger partial charge in [-0.05, 0) is 30.5 Å². The second kappa shape index (κ2) is 4.36. The lowest BCUT2D eigenvalue weighted by molar-refractivity contribution is 0.231. The van der Waals surface area contributed by atoms with Gasteiger partial charge in [0.15, 0.2) is 0 Å². The fourth-order valence-electron chi connectivity index (χ4n) is 1.37. The molecule has 0 amide bonds. The van der Waals surface area contributed by atoms with Gasteiger partial charge in [-0.25, -0.2) is 0 Å². The molecule has 2 N–H and O–H groups in total. The lowest BCUT2D eigenvalue weighted by atomic mass is 10.3. The molecule has 3 heteroatoms. The van der Waals surface area contributed by atoms with Crippen molar-refractivity contribution in [3.63, 3.8) is 0 Å². The van der Waals surface area contributed by atoms with E-state index < -0.39 is 0 Å². The lowest BCUT2D eigenvalue weighted by Gasteiger charge is -2.13. The highest BCUT2D eigenvalue weighted by molar-refractivity contribution is 7.10. The van der Waals surface area contributed by atoms with E-state index in [4.69, 9.17) is 10.5 Å². The molecule has 0 saturated heterocycles. The molecule has 2 nitrogen and oxygen atoms in total. The average molecular weight is 219 g/mol. The molecule has 0 aliphatic heterocycles. The number of benzene rings is 1. The molecular weight excluding hydrogens is 206 g/mol. The number of ether oxygens (including phenoxy) is 1. The Morgan fingerprint density at radius 3 is 2.80 bits per heavy atom. The molecule has 15 heavy (non-hydrogen) atoms. The summed E-state index contributed by atoms with van der Waals surface area (Å²) in [6.45, 7) is 2.04. The highest BCUT2D eigenvalue weighted by atomic mass is 32.1. The molecule has 0 saturated carbocycles. The van der Waals surface area contributed by atoms with E-state index in [2.05, 4.69) is 11.4 Å². The molecule has 1 heterocycles. The van der Waals surface area contributed by atoms with Gasteiger partial charge in [-0.15, -0.1) is 11.3 Å². The minimum absolute atomic E-state index is 0.0757. The zero-order valence-corrected chi connectivity index (χ0v) is 9.33. The summed E-state index contributed by atoms with van der Waals surface area (Å²) in [6.07, 6.45) is 0.0757. The summed E-state index contributed by atoms with van der Waals surface area (Å²) in [5, 5.41) is 2.05. The van der Waals surface area contributed by atoms with E-state index in [1.807, 2.05) is 37.3 Å². The van der Waals surface area contributed by atoms with Crippen LogP contribution in [0.4, 0.5) is 5.69 Å². The quantitative estimate of drug-likeness (QED) is 0.802. The monoisotopic (exact) mass is 219 g/mol. The van der Waals surface area contributed by atoms with Crippen LogP contribution in [0.3, 0.4) is 0 Å². The molecule has 1 aromatic heterocycles. The summed E-state index contributed by atoms with van der Waals surface area (Å²) in [6, 6.07) is 11.6. The highest BCUT2D eigenvalue weighted by Crippen LogP contribution is 2.25. The third kappa shape index (κ3) is 2.50. The van der Waals surface area contributed by atoms with E-state index in [-0.39, 0.29) is 6.10 Å². The molecule has 2 rings (SSSR count). The van der Waals surface area contributed by atoms with Crippen molar-refractivity contribution in [2.75, 3.05) is 5.73 Å². The first-order valence-electron chi connectivity index (χ1n) is 4.81. The summed E-state index contributed by atoms with van der Waals surface area (Å²) < 4.78 is 5.77. The van der Waals surface area contributed by atoms with Gasteiger partial charge in [-0.1, -0.05) is 12.1 Å². The van der Waals surface area contributed by atoms with Gasteiger partial charge in [0.2, 0.25) is 0 Å². The normalized spacial score (nSPS) is 12.3. The minimum Gasteiger partial charge on any atom is -0.485 e. The molecule has 1 unspecified atom stereocenters. The largest absolute Gasteiger partial charge is 0.485 e. The van der Waals surface area contributed by atoms with Gasteiger partial charge in [0.1, 0.15) is 11.9 Å². The molecular formula is C12H13NOS. The van der Waals surface area contributed by atoms with Gasteiger partial charge in [0.05, 0.1) is 0 Å². The zero-order valence-electron chi connectivity index (χ0n) is 8.51. The van der Waals surface area contributed by atoms with Crippen molar-refractivity contribution >= 4 is 17.0 Å². The number of nitrogens with two attached hydrogens (primary N) is 1. The van der Waals surface area contributed by atoms with Crippen molar-refractivity contribution < 1.29 is 4.74 Å². The van der Waals surface area contributed by atoms with Gasteiger partial charge < -0.3 is 10.5 Å². The number of nitrogen functional groups attached to an aromatic ring is 1. The first kappa shape index (κ1) is 10.1. The number of hydrogen-bond acceptors (Lipinski definition) is 3. The Balaban J connectivity index is 2.09. The Labute approximate surface area is 93.3 Å². The fourth-order valence-corrected chi connectivity index (χ4v) is 2.08. The molecule has 1 aromatic carbocycles. The minimum atomic E-state index is 0.0757. The molecule has 0 bridgehead atoms. The van der Waals surface area contributed by atoms with Crippen molar-refractivity contribution in [1.82, 2.24) is 0 Å². The predicted octanol–water partition coefficient (Wildman–Crippen LogP) is 3.47. The summed E-state index contributed by atoms with van der Waals surface area (Å²) >= 11 is 1.70. The van der Waals surface area contributed by atoms with E-state index in [1.165, 1.54) is 4.88 Å². The van der Waals surface area contributed by atoms with Crippen LogP contribution in [0, 0.1) is 0 Å². The number of thiophene rings is 1. The van der Waals surface area contributed by atoms with Crippen LogP contribution in [0.15, 0.2) is 41.8 Å². The Morgan fingerprint density at radius 2 is 2.13 bits per heavy atom. The maximum absolute atomic E-state index is 5.77. The van der Waals surface area contributed by atoms with Crippen LogP contribution >= 0.6 is 11.3 Å². The maximum atomic E-state index is 5.77.